The standard InChI is InChI=1S/C11H10N2O2S/c12-6-8-1-2-10(9-3-4-16-7-9)11(5-8)13(14)15/h1-5,7H,6,12H2. The summed E-state index contributed by atoms with van der Waals surface area (Å²) in [6, 6.07) is 6.98. The first-order chi connectivity index (χ1) is 7.72. The Morgan fingerprint density at radius 3 is 2.75 bits per heavy atom. The molecule has 1 heterocycles. The summed E-state index contributed by atoms with van der Waals surface area (Å²) in [5.74, 6) is 0. The van der Waals surface area contributed by atoms with E-state index in [4.69, 9.17) is 5.73 Å². The van der Waals surface area contributed by atoms with Gasteiger partial charge in [0, 0.05) is 12.6 Å². The smallest absolute Gasteiger partial charge is 0.277 e. The Balaban J connectivity index is 2.57. The van der Waals surface area contributed by atoms with E-state index in [-0.39, 0.29) is 10.6 Å². The molecule has 0 aliphatic heterocycles. The third kappa shape index (κ3) is 1.95. The molecule has 0 saturated carbocycles. The molecule has 4 nitrogen and oxygen atoms in total. The monoisotopic (exact) mass is 234 g/mol. The highest BCUT2D eigenvalue weighted by atomic mass is 32.1. The third-order valence-electron chi connectivity index (χ3n) is 2.33. The fraction of sp³-hybridized carbons (Fsp3) is 0.0909. The summed E-state index contributed by atoms with van der Waals surface area (Å²) in [5.41, 5.74) is 7.87. The van der Waals surface area contributed by atoms with Crippen LogP contribution in [-0.4, -0.2) is 4.92 Å². The molecule has 0 aliphatic carbocycles. The number of thiophene rings is 1. The van der Waals surface area contributed by atoms with Crippen molar-refractivity contribution in [3.63, 3.8) is 0 Å². The maximum absolute atomic E-state index is 11.0. The number of nitrogens with two attached hydrogens (primary N) is 1. The van der Waals surface area contributed by atoms with Gasteiger partial charge in [0.15, 0.2) is 0 Å². The molecular weight excluding hydrogens is 224 g/mol. The predicted octanol–water partition coefficient (Wildman–Crippen LogP) is 2.78. The average molecular weight is 234 g/mol. The van der Waals surface area contributed by atoms with Crippen molar-refractivity contribution < 1.29 is 4.92 Å². The second-order valence-corrected chi connectivity index (χ2v) is 4.10. The quantitative estimate of drug-likeness (QED) is 0.655. The van der Waals surface area contributed by atoms with Crippen molar-refractivity contribution in [3.05, 3.63) is 50.7 Å². The molecule has 0 radical (unpaired) electrons. The van der Waals surface area contributed by atoms with Gasteiger partial charge in [0.05, 0.1) is 10.5 Å². The number of hydrogen-bond acceptors (Lipinski definition) is 4. The van der Waals surface area contributed by atoms with E-state index in [1.165, 1.54) is 17.4 Å². The number of benzene rings is 1. The lowest BCUT2D eigenvalue weighted by Gasteiger charge is -2.02. The fourth-order valence-electron chi connectivity index (χ4n) is 1.52. The van der Waals surface area contributed by atoms with E-state index >= 15 is 0 Å². The number of hydrogen-bond donors (Lipinski definition) is 1. The van der Waals surface area contributed by atoms with Crippen LogP contribution in [0.3, 0.4) is 0 Å². The molecule has 0 bridgehead atoms. The van der Waals surface area contributed by atoms with Crippen LogP contribution < -0.4 is 5.73 Å². The van der Waals surface area contributed by atoms with Gasteiger partial charge in [-0.05, 0) is 34.0 Å². The lowest BCUT2D eigenvalue weighted by molar-refractivity contribution is -0.384. The zero-order valence-electron chi connectivity index (χ0n) is 8.42. The molecule has 82 valence electrons. The van der Waals surface area contributed by atoms with Gasteiger partial charge in [-0.15, -0.1) is 0 Å². The van der Waals surface area contributed by atoms with Gasteiger partial charge in [-0.1, -0.05) is 6.07 Å². The summed E-state index contributed by atoms with van der Waals surface area (Å²) < 4.78 is 0. The fourth-order valence-corrected chi connectivity index (χ4v) is 2.17. The van der Waals surface area contributed by atoms with E-state index < -0.39 is 0 Å². The van der Waals surface area contributed by atoms with Crippen molar-refractivity contribution in [3.8, 4) is 11.1 Å². The van der Waals surface area contributed by atoms with Gasteiger partial charge in [0.1, 0.15) is 0 Å². The molecule has 16 heavy (non-hydrogen) atoms. The van der Waals surface area contributed by atoms with Crippen molar-refractivity contribution in [2.45, 2.75) is 6.54 Å². The zero-order valence-corrected chi connectivity index (χ0v) is 9.24. The van der Waals surface area contributed by atoms with Gasteiger partial charge in [0.25, 0.3) is 5.69 Å². The lowest BCUT2D eigenvalue weighted by Crippen LogP contribution is -1.99. The highest BCUT2D eigenvalue weighted by molar-refractivity contribution is 7.08. The van der Waals surface area contributed by atoms with Crippen LogP contribution in [0.5, 0.6) is 0 Å². The number of nitrogens with zero attached hydrogens (tertiary/aromatic N) is 1. The van der Waals surface area contributed by atoms with Crippen molar-refractivity contribution in [2.24, 2.45) is 5.73 Å². The molecule has 2 N–H and O–H groups in total. The van der Waals surface area contributed by atoms with Gasteiger partial charge in [0.2, 0.25) is 0 Å². The highest BCUT2D eigenvalue weighted by Crippen LogP contribution is 2.31. The van der Waals surface area contributed by atoms with E-state index in [0.29, 0.717) is 12.1 Å². The molecule has 1 aromatic carbocycles. The number of nitro benzene ring substituents is 1. The number of nitro groups is 1. The van der Waals surface area contributed by atoms with Crippen molar-refractivity contribution in [1.82, 2.24) is 0 Å². The summed E-state index contributed by atoms with van der Waals surface area (Å²) in [6.07, 6.45) is 0. The van der Waals surface area contributed by atoms with Crippen molar-refractivity contribution in [2.75, 3.05) is 0 Å². The Morgan fingerprint density at radius 1 is 1.38 bits per heavy atom. The molecule has 0 spiro atoms. The van der Waals surface area contributed by atoms with Crippen LogP contribution in [-0.2, 0) is 6.54 Å². The lowest BCUT2D eigenvalue weighted by atomic mass is 10.0. The molecule has 0 unspecified atom stereocenters. The first-order valence-corrected chi connectivity index (χ1v) is 5.66. The molecule has 5 heteroatoms. The molecule has 0 aliphatic rings. The van der Waals surface area contributed by atoms with E-state index in [1.54, 1.807) is 6.07 Å². The van der Waals surface area contributed by atoms with E-state index in [9.17, 15) is 10.1 Å². The molecule has 0 amide bonds. The van der Waals surface area contributed by atoms with Crippen LogP contribution in [0.1, 0.15) is 5.56 Å². The predicted molar refractivity (Wildman–Crippen MR) is 64.3 cm³/mol. The second-order valence-electron chi connectivity index (χ2n) is 3.32. The molecule has 0 atom stereocenters. The van der Waals surface area contributed by atoms with Gasteiger partial charge in [-0.2, -0.15) is 11.3 Å². The maximum Gasteiger partial charge on any atom is 0.277 e. The highest BCUT2D eigenvalue weighted by Gasteiger charge is 2.15. The maximum atomic E-state index is 11.0. The van der Waals surface area contributed by atoms with Gasteiger partial charge in [-0.25, -0.2) is 0 Å². The molecule has 0 fully saturated rings. The second kappa shape index (κ2) is 4.42. The molecule has 1 aromatic heterocycles. The van der Waals surface area contributed by atoms with Crippen molar-refractivity contribution >= 4 is 17.0 Å². The Labute approximate surface area is 96.5 Å². The summed E-state index contributed by atoms with van der Waals surface area (Å²) in [7, 11) is 0. The Hall–Kier alpha value is -1.72. The SMILES string of the molecule is NCc1ccc(-c2ccsc2)c([N+](=O)[O-])c1. The largest absolute Gasteiger partial charge is 0.326 e. The Morgan fingerprint density at radius 2 is 2.19 bits per heavy atom. The Kier molecular flexibility index (Phi) is 2.98. The number of rotatable bonds is 3. The average Bonchev–Trinajstić information content (AvgIpc) is 2.81. The van der Waals surface area contributed by atoms with Crippen LogP contribution in [0.4, 0.5) is 5.69 Å². The zero-order chi connectivity index (χ0) is 11.5. The first-order valence-electron chi connectivity index (χ1n) is 4.72. The van der Waals surface area contributed by atoms with Gasteiger partial charge in [-0.3, -0.25) is 10.1 Å². The van der Waals surface area contributed by atoms with Crippen LogP contribution in [0.2, 0.25) is 0 Å². The van der Waals surface area contributed by atoms with E-state index in [2.05, 4.69) is 0 Å². The minimum absolute atomic E-state index is 0.112. The first kappa shape index (κ1) is 10.8. The molecule has 2 aromatic rings. The van der Waals surface area contributed by atoms with Crippen molar-refractivity contribution in [1.29, 1.82) is 0 Å². The van der Waals surface area contributed by atoms with Crippen LogP contribution in [0.15, 0.2) is 35.0 Å². The van der Waals surface area contributed by atoms with Gasteiger partial charge < -0.3 is 5.73 Å². The molecular formula is C11H10N2O2S. The topological polar surface area (TPSA) is 69.2 Å². The van der Waals surface area contributed by atoms with Crippen LogP contribution in [0, 0.1) is 10.1 Å². The van der Waals surface area contributed by atoms with E-state index in [1.807, 2.05) is 22.9 Å². The molecule has 2 rings (SSSR count). The normalized spacial score (nSPS) is 10.3. The minimum atomic E-state index is -0.369. The summed E-state index contributed by atoms with van der Waals surface area (Å²) >= 11 is 1.52. The van der Waals surface area contributed by atoms with Crippen LogP contribution in [0.25, 0.3) is 11.1 Å². The van der Waals surface area contributed by atoms with Gasteiger partial charge >= 0.3 is 0 Å². The summed E-state index contributed by atoms with van der Waals surface area (Å²) in [4.78, 5) is 10.6. The minimum Gasteiger partial charge on any atom is -0.326 e. The third-order valence-corrected chi connectivity index (χ3v) is 3.01. The van der Waals surface area contributed by atoms with Crippen LogP contribution >= 0.6 is 11.3 Å². The molecule has 0 saturated heterocycles. The van der Waals surface area contributed by atoms with E-state index in [0.717, 1.165) is 11.1 Å². The Bertz CT molecular complexity index is 509. The summed E-state index contributed by atoms with van der Waals surface area (Å²) in [6.45, 7) is 0.310. The summed E-state index contributed by atoms with van der Waals surface area (Å²) in [5, 5.41) is 14.7.